The Balaban J connectivity index is 1.92. The largest absolute Gasteiger partial charge is 0.497 e. The number of rotatable bonds is 3. The molecular weight excluding hydrogens is 242 g/mol. The molecular formula is C13H11N5O. The Morgan fingerprint density at radius 3 is 2.63 bits per heavy atom. The van der Waals surface area contributed by atoms with Crippen molar-refractivity contribution in [3.05, 3.63) is 48.8 Å². The highest BCUT2D eigenvalue weighted by atomic mass is 16.5. The van der Waals surface area contributed by atoms with Gasteiger partial charge in [0.2, 0.25) is 5.82 Å². The first-order valence-corrected chi connectivity index (χ1v) is 5.71. The molecule has 3 rings (SSSR count). The van der Waals surface area contributed by atoms with E-state index in [1.807, 2.05) is 36.4 Å². The third-order valence-electron chi connectivity index (χ3n) is 2.64. The maximum Gasteiger partial charge on any atom is 0.205 e. The van der Waals surface area contributed by atoms with Crippen LogP contribution in [-0.2, 0) is 0 Å². The predicted octanol–water partition coefficient (Wildman–Crippen LogP) is 1.73. The lowest BCUT2D eigenvalue weighted by Crippen LogP contribution is -1.98. The predicted molar refractivity (Wildman–Crippen MR) is 68.9 cm³/mol. The fraction of sp³-hybridized carbons (Fsp3) is 0.0769. The van der Waals surface area contributed by atoms with Crippen LogP contribution in [-0.4, -0.2) is 32.3 Å². The van der Waals surface area contributed by atoms with Crippen LogP contribution in [0.1, 0.15) is 0 Å². The maximum absolute atomic E-state index is 5.11. The van der Waals surface area contributed by atoms with Crippen LogP contribution in [0.25, 0.3) is 17.1 Å². The second-order valence-corrected chi connectivity index (χ2v) is 3.84. The smallest absolute Gasteiger partial charge is 0.205 e. The fourth-order valence-corrected chi connectivity index (χ4v) is 1.65. The van der Waals surface area contributed by atoms with Gasteiger partial charge in [0.25, 0.3) is 0 Å². The van der Waals surface area contributed by atoms with Gasteiger partial charge >= 0.3 is 0 Å². The van der Waals surface area contributed by atoms with Gasteiger partial charge < -0.3 is 4.74 Å². The van der Waals surface area contributed by atoms with E-state index in [4.69, 9.17) is 4.74 Å². The molecule has 0 aliphatic rings. The van der Waals surface area contributed by atoms with E-state index < -0.39 is 0 Å². The number of methoxy groups -OCH3 is 1. The van der Waals surface area contributed by atoms with Crippen LogP contribution in [0, 0.1) is 0 Å². The molecule has 0 fully saturated rings. The number of pyridine rings is 1. The molecule has 3 aromatic rings. The summed E-state index contributed by atoms with van der Waals surface area (Å²) in [5.41, 5.74) is 1.66. The Hall–Kier alpha value is -2.76. The number of nitrogens with zero attached hydrogens (tertiary/aromatic N) is 5. The second kappa shape index (κ2) is 4.85. The second-order valence-electron chi connectivity index (χ2n) is 3.84. The van der Waals surface area contributed by atoms with E-state index in [2.05, 4.69) is 20.4 Å². The highest BCUT2D eigenvalue weighted by molar-refractivity contribution is 5.55. The van der Waals surface area contributed by atoms with Crippen molar-refractivity contribution in [3.63, 3.8) is 0 Å². The number of ether oxygens (including phenoxy) is 1. The normalized spacial score (nSPS) is 10.4. The van der Waals surface area contributed by atoms with Gasteiger partial charge in [0.05, 0.1) is 13.3 Å². The van der Waals surface area contributed by atoms with Crippen LogP contribution in [0.3, 0.4) is 0 Å². The standard InChI is InChI=1S/C13H11N5O/c1-19-12-6-4-10(5-7-12)13-15-17-18(16-13)11-3-2-8-14-9-11/h2-9H,1H3. The summed E-state index contributed by atoms with van der Waals surface area (Å²) >= 11 is 0. The minimum absolute atomic E-state index is 0.562. The van der Waals surface area contributed by atoms with Gasteiger partial charge in [0.1, 0.15) is 11.4 Å². The van der Waals surface area contributed by atoms with Crippen molar-refractivity contribution in [2.45, 2.75) is 0 Å². The Morgan fingerprint density at radius 1 is 1.11 bits per heavy atom. The molecule has 0 amide bonds. The van der Waals surface area contributed by atoms with Crippen molar-refractivity contribution in [3.8, 4) is 22.8 Å². The van der Waals surface area contributed by atoms with E-state index in [0.29, 0.717) is 5.82 Å². The number of tetrazole rings is 1. The van der Waals surface area contributed by atoms with E-state index in [0.717, 1.165) is 17.0 Å². The van der Waals surface area contributed by atoms with E-state index in [1.165, 1.54) is 4.80 Å². The van der Waals surface area contributed by atoms with Crippen molar-refractivity contribution in [2.75, 3.05) is 7.11 Å². The third kappa shape index (κ3) is 2.28. The van der Waals surface area contributed by atoms with Gasteiger partial charge in [-0.1, -0.05) is 0 Å². The third-order valence-corrected chi connectivity index (χ3v) is 2.64. The van der Waals surface area contributed by atoms with Gasteiger partial charge in [-0.3, -0.25) is 4.98 Å². The Morgan fingerprint density at radius 2 is 1.95 bits per heavy atom. The summed E-state index contributed by atoms with van der Waals surface area (Å²) in [5, 5.41) is 12.4. The van der Waals surface area contributed by atoms with E-state index >= 15 is 0 Å². The van der Waals surface area contributed by atoms with Crippen LogP contribution in [0.2, 0.25) is 0 Å². The van der Waals surface area contributed by atoms with Gasteiger partial charge in [-0.15, -0.1) is 15.0 Å². The zero-order valence-corrected chi connectivity index (χ0v) is 10.3. The van der Waals surface area contributed by atoms with Crippen LogP contribution < -0.4 is 4.74 Å². The Kier molecular flexibility index (Phi) is 2.89. The summed E-state index contributed by atoms with van der Waals surface area (Å²) in [7, 11) is 1.63. The molecule has 0 aliphatic carbocycles. The molecule has 2 aromatic heterocycles. The highest BCUT2D eigenvalue weighted by Crippen LogP contribution is 2.18. The van der Waals surface area contributed by atoms with Crippen molar-refractivity contribution >= 4 is 0 Å². The summed E-state index contributed by atoms with van der Waals surface area (Å²) in [4.78, 5) is 5.47. The van der Waals surface area contributed by atoms with E-state index in [-0.39, 0.29) is 0 Å². The molecule has 0 saturated carbocycles. The van der Waals surface area contributed by atoms with E-state index in [1.54, 1.807) is 19.5 Å². The molecule has 0 saturated heterocycles. The summed E-state index contributed by atoms with van der Waals surface area (Å²) in [6.45, 7) is 0. The molecule has 6 nitrogen and oxygen atoms in total. The number of benzene rings is 1. The molecule has 19 heavy (non-hydrogen) atoms. The van der Waals surface area contributed by atoms with E-state index in [9.17, 15) is 0 Å². The minimum Gasteiger partial charge on any atom is -0.497 e. The molecule has 0 radical (unpaired) electrons. The maximum atomic E-state index is 5.11. The first-order valence-electron chi connectivity index (χ1n) is 5.71. The summed E-state index contributed by atoms with van der Waals surface area (Å²) in [5.74, 6) is 1.36. The summed E-state index contributed by atoms with van der Waals surface area (Å²) in [6, 6.07) is 11.2. The first-order chi connectivity index (χ1) is 9.36. The Labute approximate surface area is 109 Å². The zero-order chi connectivity index (χ0) is 13.1. The van der Waals surface area contributed by atoms with Gasteiger partial charge in [-0.25, -0.2) is 0 Å². The lowest BCUT2D eigenvalue weighted by molar-refractivity contribution is 0.415. The first kappa shape index (κ1) is 11.3. The molecule has 94 valence electrons. The van der Waals surface area contributed by atoms with Crippen LogP contribution >= 0.6 is 0 Å². The lowest BCUT2D eigenvalue weighted by atomic mass is 10.2. The van der Waals surface area contributed by atoms with Crippen LogP contribution in [0.15, 0.2) is 48.8 Å². The van der Waals surface area contributed by atoms with Crippen molar-refractivity contribution in [1.82, 2.24) is 25.2 Å². The minimum atomic E-state index is 0.562. The molecule has 2 heterocycles. The molecule has 0 spiro atoms. The molecule has 1 aromatic carbocycles. The van der Waals surface area contributed by atoms with Crippen molar-refractivity contribution < 1.29 is 4.74 Å². The fourth-order valence-electron chi connectivity index (χ4n) is 1.65. The molecule has 6 heteroatoms. The Bertz CT molecular complexity index is 663. The average molecular weight is 253 g/mol. The molecule has 0 unspecified atom stereocenters. The van der Waals surface area contributed by atoms with Crippen LogP contribution in [0.4, 0.5) is 0 Å². The molecule has 0 atom stereocenters. The van der Waals surface area contributed by atoms with Gasteiger partial charge in [0, 0.05) is 11.8 Å². The van der Waals surface area contributed by atoms with Gasteiger partial charge in [-0.05, 0) is 41.6 Å². The number of hydrogen-bond donors (Lipinski definition) is 0. The summed E-state index contributed by atoms with van der Waals surface area (Å²) in [6.07, 6.45) is 3.38. The molecule has 0 N–H and O–H groups in total. The monoisotopic (exact) mass is 253 g/mol. The number of hydrogen-bond acceptors (Lipinski definition) is 5. The molecule has 0 bridgehead atoms. The van der Waals surface area contributed by atoms with Gasteiger partial charge in [-0.2, -0.15) is 0 Å². The topological polar surface area (TPSA) is 65.7 Å². The molecule has 0 aliphatic heterocycles. The van der Waals surface area contributed by atoms with Gasteiger partial charge in [0.15, 0.2) is 0 Å². The van der Waals surface area contributed by atoms with Crippen molar-refractivity contribution in [2.24, 2.45) is 0 Å². The quantitative estimate of drug-likeness (QED) is 0.711. The van der Waals surface area contributed by atoms with Crippen molar-refractivity contribution in [1.29, 1.82) is 0 Å². The SMILES string of the molecule is COc1ccc(-c2nnn(-c3cccnc3)n2)cc1. The highest BCUT2D eigenvalue weighted by Gasteiger charge is 2.07. The average Bonchev–Trinajstić information content (AvgIpc) is 2.98. The summed E-state index contributed by atoms with van der Waals surface area (Å²) < 4.78 is 5.11. The van der Waals surface area contributed by atoms with Crippen LogP contribution in [0.5, 0.6) is 5.75 Å². The number of aromatic nitrogens is 5. The zero-order valence-electron chi connectivity index (χ0n) is 10.3. The lowest BCUT2D eigenvalue weighted by Gasteiger charge is -1.99.